The molecule has 1 heterocycles. The maximum absolute atomic E-state index is 10.6. The molecule has 0 aliphatic heterocycles. The predicted octanol–water partition coefficient (Wildman–Crippen LogP) is -2.13. The van der Waals surface area contributed by atoms with Gasteiger partial charge in [0.25, 0.3) is 5.82 Å². The molecule has 1 aromatic rings. The number of aromatic nitrogens is 4. The Balaban J connectivity index is 2.85. The monoisotopic (exact) mass is 140 g/mol. The van der Waals surface area contributed by atoms with E-state index >= 15 is 0 Å². The van der Waals surface area contributed by atoms with Gasteiger partial charge < -0.3 is 0 Å². The van der Waals surface area contributed by atoms with Crippen LogP contribution in [-0.4, -0.2) is 26.3 Å². The SMILES string of the molecule is NNC(=O)c1nncnn1. The second kappa shape index (κ2) is 2.78. The zero-order chi connectivity index (χ0) is 7.40. The maximum Gasteiger partial charge on any atom is 0.306 e. The number of nitrogens with two attached hydrogens (primary N) is 1. The average molecular weight is 140 g/mol. The Morgan fingerprint density at radius 3 is 2.60 bits per heavy atom. The molecule has 0 radical (unpaired) electrons. The summed E-state index contributed by atoms with van der Waals surface area (Å²) >= 11 is 0. The summed E-state index contributed by atoms with van der Waals surface area (Å²) in [7, 11) is 0. The molecule has 0 fully saturated rings. The summed E-state index contributed by atoms with van der Waals surface area (Å²) < 4.78 is 0. The summed E-state index contributed by atoms with van der Waals surface area (Å²) in [5.41, 5.74) is 1.84. The number of nitrogens with one attached hydrogen (secondary N) is 1. The van der Waals surface area contributed by atoms with Crippen LogP contribution in [0.2, 0.25) is 0 Å². The lowest BCUT2D eigenvalue weighted by Crippen LogP contribution is -2.31. The molecule has 0 unspecified atom stereocenters. The minimum atomic E-state index is -0.611. The fraction of sp³-hybridized carbons (Fsp3) is 0. The predicted molar refractivity (Wildman–Crippen MR) is 29.3 cm³/mol. The number of rotatable bonds is 1. The third-order valence-electron chi connectivity index (χ3n) is 0.742. The van der Waals surface area contributed by atoms with Gasteiger partial charge in [-0.25, -0.2) is 5.84 Å². The molecular formula is C3H4N6O. The normalized spacial score (nSPS) is 8.90. The first-order valence-electron chi connectivity index (χ1n) is 2.36. The quantitative estimate of drug-likeness (QED) is 0.262. The van der Waals surface area contributed by atoms with Crippen LogP contribution in [0.5, 0.6) is 0 Å². The van der Waals surface area contributed by atoms with Crippen molar-refractivity contribution >= 4 is 5.91 Å². The zero-order valence-electron chi connectivity index (χ0n) is 4.85. The summed E-state index contributed by atoms with van der Waals surface area (Å²) in [6.07, 6.45) is 1.12. The molecule has 0 spiro atoms. The lowest BCUT2D eigenvalue weighted by Gasteiger charge is -1.91. The first-order chi connectivity index (χ1) is 4.84. The van der Waals surface area contributed by atoms with Crippen molar-refractivity contribution in [3.05, 3.63) is 12.2 Å². The third kappa shape index (κ3) is 1.20. The van der Waals surface area contributed by atoms with Crippen LogP contribution in [0.15, 0.2) is 6.33 Å². The van der Waals surface area contributed by atoms with Crippen LogP contribution in [0.3, 0.4) is 0 Å². The van der Waals surface area contributed by atoms with Gasteiger partial charge in [0, 0.05) is 0 Å². The molecule has 52 valence electrons. The van der Waals surface area contributed by atoms with Gasteiger partial charge in [-0.15, -0.1) is 20.4 Å². The number of carbonyl (C=O) groups is 1. The van der Waals surface area contributed by atoms with E-state index in [-0.39, 0.29) is 5.82 Å². The minimum Gasteiger partial charge on any atom is -0.287 e. The Kier molecular flexibility index (Phi) is 1.80. The summed E-state index contributed by atoms with van der Waals surface area (Å²) in [5.74, 6) is 4.01. The Labute approximate surface area is 55.6 Å². The standard InChI is InChI=1S/C3H4N6O/c4-7-3(10)2-8-5-1-6-9-2/h1H,4H2,(H,7,10). The molecule has 1 aromatic heterocycles. The van der Waals surface area contributed by atoms with Crippen molar-refractivity contribution in [2.45, 2.75) is 0 Å². The molecule has 1 amide bonds. The Bertz CT molecular complexity index is 222. The van der Waals surface area contributed by atoms with Gasteiger partial charge in [-0.05, 0) is 0 Å². The molecule has 0 aliphatic carbocycles. The molecule has 7 nitrogen and oxygen atoms in total. The topological polar surface area (TPSA) is 107 Å². The van der Waals surface area contributed by atoms with E-state index in [4.69, 9.17) is 5.84 Å². The lowest BCUT2D eigenvalue weighted by molar-refractivity contribution is 0.0940. The molecule has 7 heteroatoms. The van der Waals surface area contributed by atoms with E-state index in [1.807, 2.05) is 5.43 Å². The molecular weight excluding hydrogens is 136 g/mol. The Morgan fingerprint density at radius 1 is 1.50 bits per heavy atom. The first kappa shape index (κ1) is 6.49. The molecule has 0 aromatic carbocycles. The zero-order valence-corrected chi connectivity index (χ0v) is 4.85. The van der Waals surface area contributed by atoms with Crippen molar-refractivity contribution in [2.24, 2.45) is 5.84 Å². The van der Waals surface area contributed by atoms with Crippen LogP contribution in [0.25, 0.3) is 0 Å². The van der Waals surface area contributed by atoms with Crippen molar-refractivity contribution in [3.8, 4) is 0 Å². The van der Waals surface area contributed by atoms with Gasteiger partial charge in [-0.3, -0.25) is 10.2 Å². The third-order valence-corrected chi connectivity index (χ3v) is 0.742. The lowest BCUT2D eigenvalue weighted by atomic mass is 10.6. The van der Waals surface area contributed by atoms with Crippen LogP contribution in [0.1, 0.15) is 10.6 Å². The van der Waals surface area contributed by atoms with Crippen molar-refractivity contribution in [3.63, 3.8) is 0 Å². The van der Waals surface area contributed by atoms with Crippen LogP contribution in [-0.2, 0) is 0 Å². The second-order valence-electron chi connectivity index (χ2n) is 1.34. The van der Waals surface area contributed by atoms with Gasteiger partial charge >= 0.3 is 5.91 Å². The first-order valence-corrected chi connectivity index (χ1v) is 2.36. The van der Waals surface area contributed by atoms with E-state index in [1.54, 1.807) is 0 Å². The highest BCUT2D eigenvalue weighted by atomic mass is 16.2. The number of hydrazine groups is 1. The van der Waals surface area contributed by atoms with Crippen LogP contribution in [0.4, 0.5) is 0 Å². The number of hydrogen-bond acceptors (Lipinski definition) is 6. The van der Waals surface area contributed by atoms with Gasteiger partial charge in [-0.1, -0.05) is 0 Å². The minimum absolute atomic E-state index is 0.148. The number of nitrogens with zero attached hydrogens (tertiary/aromatic N) is 4. The van der Waals surface area contributed by atoms with Crippen LogP contribution >= 0.6 is 0 Å². The van der Waals surface area contributed by atoms with Crippen LogP contribution < -0.4 is 11.3 Å². The van der Waals surface area contributed by atoms with E-state index < -0.39 is 5.91 Å². The fourth-order valence-corrected chi connectivity index (χ4v) is 0.359. The van der Waals surface area contributed by atoms with E-state index in [2.05, 4.69) is 20.4 Å². The number of hydrogen-bond donors (Lipinski definition) is 2. The highest BCUT2D eigenvalue weighted by Crippen LogP contribution is 1.78. The summed E-state index contributed by atoms with van der Waals surface area (Å²) in [4.78, 5) is 10.6. The molecule has 1 rings (SSSR count). The van der Waals surface area contributed by atoms with Gasteiger partial charge in [0.1, 0.15) is 0 Å². The van der Waals surface area contributed by atoms with Crippen molar-refractivity contribution < 1.29 is 4.79 Å². The smallest absolute Gasteiger partial charge is 0.287 e. The van der Waals surface area contributed by atoms with Gasteiger partial charge in [0.2, 0.25) is 0 Å². The number of amides is 1. The molecule has 3 N–H and O–H groups in total. The molecule has 0 aliphatic rings. The highest BCUT2D eigenvalue weighted by molar-refractivity contribution is 5.89. The van der Waals surface area contributed by atoms with E-state index in [1.165, 1.54) is 0 Å². The maximum atomic E-state index is 10.6. The molecule has 0 saturated heterocycles. The molecule has 0 saturated carbocycles. The Morgan fingerprint density at radius 2 is 2.10 bits per heavy atom. The number of carbonyl (C=O) groups excluding carboxylic acids is 1. The van der Waals surface area contributed by atoms with E-state index in [0.717, 1.165) is 6.33 Å². The van der Waals surface area contributed by atoms with Crippen molar-refractivity contribution in [1.82, 2.24) is 25.8 Å². The average Bonchev–Trinajstić information content (AvgIpc) is 2.05. The second-order valence-corrected chi connectivity index (χ2v) is 1.34. The van der Waals surface area contributed by atoms with Gasteiger partial charge in [0.05, 0.1) is 0 Å². The molecule has 0 atom stereocenters. The van der Waals surface area contributed by atoms with E-state index in [9.17, 15) is 4.79 Å². The molecule has 0 bridgehead atoms. The van der Waals surface area contributed by atoms with E-state index in [0.29, 0.717) is 0 Å². The molecule has 10 heavy (non-hydrogen) atoms. The summed E-state index contributed by atoms with van der Waals surface area (Å²) in [6, 6.07) is 0. The number of nitrogen functional groups attached to an aromatic ring is 1. The van der Waals surface area contributed by atoms with Gasteiger partial charge in [-0.2, -0.15) is 0 Å². The van der Waals surface area contributed by atoms with Crippen LogP contribution in [0, 0.1) is 0 Å². The Hall–Kier alpha value is -1.63. The van der Waals surface area contributed by atoms with Crippen molar-refractivity contribution in [1.29, 1.82) is 0 Å². The fourth-order valence-electron chi connectivity index (χ4n) is 0.359. The van der Waals surface area contributed by atoms with Crippen molar-refractivity contribution in [2.75, 3.05) is 0 Å². The highest BCUT2D eigenvalue weighted by Gasteiger charge is 2.05. The largest absolute Gasteiger partial charge is 0.306 e. The summed E-state index contributed by atoms with van der Waals surface area (Å²) in [6.45, 7) is 0. The van der Waals surface area contributed by atoms with Gasteiger partial charge in [0.15, 0.2) is 6.33 Å². The summed E-state index contributed by atoms with van der Waals surface area (Å²) in [5, 5.41) is 13.3.